The molecule has 1 aromatic heterocycles. The quantitative estimate of drug-likeness (QED) is 0.808. The van der Waals surface area contributed by atoms with Gasteiger partial charge in [0.1, 0.15) is 12.4 Å². The molecule has 1 aliphatic heterocycles. The van der Waals surface area contributed by atoms with Crippen molar-refractivity contribution in [2.24, 2.45) is 0 Å². The molecule has 114 valence electrons. The molecule has 2 amide bonds. The Kier molecular flexibility index (Phi) is 3.92. The Labute approximate surface area is 128 Å². The molecule has 1 fully saturated rings. The lowest BCUT2D eigenvalue weighted by molar-refractivity contribution is -0.125. The first-order valence-corrected chi connectivity index (χ1v) is 7.31. The van der Waals surface area contributed by atoms with E-state index in [1.54, 1.807) is 12.1 Å². The number of phenolic OH excluding ortho intramolecular Hbond substituents is 1. The highest BCUT2D eigenvalue weighted by atomic mass is 32.2. The maximum Gasteiger partial charge on any atom is 0.416 e. The van der Waals surface area contributed by atoms with Crippen molar-refractivity contribution in [3.05, 3.63) is 24.3 Å². The molecule has 1 aliphatic rings. The van der Waals surface area contributed by atoms with Gasteiger partial charge in [-0.3, -0.25) is 4.79 Å². The lowest BCUT2D eigenvalue weighted by Crippen LogP contribution is -2.33. The van der Waals surface area contributed by atoms with Gasteiger partial charge in [-0.1, -0.05) is 11.8 Å². The normalized spacial score (nSPS) is 14.2. The van der Waals surface area contributed by atoms with Crippen molar-refractivity contribution < 1.29 is 19.4 Å². The molecule has 0 spiro atoms. The molecule has 2 aromatic rings. The van der Waals surface area contributed by atoms with Crippen molar-refractivity contribution in [1.82, 2.24) is 25.1 Å². The van der Waals surface area contributed by atoms with Crippen LogP contribution in [0.3, 0.4) is 0 Å². The molecule has 1 aromatic carbocycles. The highest BCUT2D eigenvalue weighted by Gasteiger charge is 2.28. The van der Waals surface area contributed by atoms with Crippen LogP contribution in [0.2, 0.25) is 0 Å². The maximum absolute atomic E-state index is 11.9. The van der Waals surface area contributed by atoms with Gasteiger partial charge in [0.25, 0.3) is 0 Å². The lowest BCUT2D eigenvalue weighted by Gasteiger charge is -2.09. The lowest BCUT2D eigenvalue weighted by atomic mass is 10.3. The molecule has 22 heavy (non-hydrogen) atoms. The smallest absolute Gasteiger partial charge is 0.416 e. The molecule has 0 unspecified atom stereocenters. The number of cyclic esters (lactones) is 1. The second kappa shape index (κ2) is 6.02. The number of thioether (sulfide) groups is 1. The van der Waals surface area contributed by atoms with Gasteiger partial charge in [0.05, 0.1) is 18.0 Å². The molecular weight excluding hydrogens is 310 g/mol. The molecule has 0 atom stereocenters. The first-order chi connectivity index (χ1) is 10.6. The minimum absolute atomic E-state index is 0.0214. The summed E-state index contributed by atoms with van der Waals surface area (Å²) in [6.45, 7) is 0.488. The van der Waals surface area contributed by atoms with Gasteiger partial charge in [-0.05, 0) is 34.7 Å². The summed E-state index contributed by atoms with van der Waals surface area (Å²) in [4.78, 5) is 24.3. The first kappa shape index (κ1) is 14.3. The van der Waals surface area contributed by atoms with E-state index in [0.29, 0.717) is 10.8 Å². The molecule has 0 bridgehead atoms. The van der Waals surface area contributed by atoms with E-state index < -0.39 is 6.09 Å². The van der Waals surface area contributed by atoms with E-state index >= 15 is 0 Å². The zero-order chi connectivity index (χ0) is 15.5. The standard InChI is InChI=1S/C12H11N5O4S/c18-9-3-1-8(2-4-9)17-11(13-14-15-17)22-7-10(19)16-5-6-21-12(16)20/h1-4,18H,5-7H2. The fourth-order valence-corrected chi connectivity index (χ4v) is 2.62. The third-order valence-electron chi connectivity index (χ3n) is 2.92. The number of nitrogens with zero attached hydrogens (tertiary/aromatic N) is 5. The highest BCUT2D eigenvalue weighted by molar-refractivity contribution is 7.99. The van der Waals surface area contributed by atoms with Gasteiger partial charge in [-0.2, -0.15) is 4.68 Å². The number of hydrogen-bond acceptors (Lipinski definition) is 8. The molecule has 3 rings (SSSR count). The van der Waals surface area contributed by atoms with E-state index in [1.807, 2.05) is 0 Å². The first-order valence-electron chi connectivity index (χ1n) is 6.33. The van der Waals surface area contributed by atoms with Crippen LogP contribution in [0.4, 0.5) is 4.79 Å². The van der Waals surface area contributed by atoms with Crippen molar-refractivity contribution in [1.29, 1.82) is 0 Å². The van der Waals surface area contributed by atoms with Crippen LogP contribution >= 0.6 is 11.8 Å². The number of hydrogen-bond donors (Lipinski definition) is 1. The van der Waals surface area contributed by atoms with E-state index in [4.69, 9.17) is 4.74 Å². The number of carbonyl (C=O) groups is 2. The van der Waals surface area contributed by atoms with Gasteiger partial charge in [-0.15, -0.1) is 5.10 Å². The number of aromatic hydroxyl groups is 1. The summed E-state index contributed by atoms with van der Waals surface area (Å²) in [6.07, 6.45) is -0.622. The minimum Gasteiger partial charge on any atom is -0.508 e. The molecule has 0 radical (unpaired) electrons. The average molecular weight is 321 g/mol. The molecule has 1 N–H and O–H groups in total. The summed E-state index contributed by atoms with van der Waals surface area (Å²) in [5.41, 5.74) is 0.651. The molecule has 9 nitrogen and oxygen atoms in total. The SMILES string of the molecule is O=C(CSc1nnnn1-c1ccc(O)cc1)N1CCOC1=O. The second-order valence-electron chi connectivity index (χ2n) is 4.34. The van der Waals surface area contributed by atoms with Crippen LogP contribution in [-0.2, 0) is 9.53 Å². The average Bonchev–Trinajstić information content (AvgIpc) is 3.14. The van der Waals surface area contributed by atoms with Gasteiger partial charge in [-0.25, -0.2) is 9.69 Å². The number of tetrazole rings is 1. The van der Waals surface area contributed by atoms with Crippen LogP contribution in [-0.4, -0.2) is 61.1 Å². The third kappa shape index (κ3) is 2.86. The number of carbonyl (C=O) groups excluding carboxylic acids is 2. The van der Waals surface area contributed by atoms with Crippen molar-refractivity contribution in [3.8, 4) is 11.4 Å². The zero-order valence-electron chi connectivity index (χ0n) is 11.2. The fraction of sp³-hybridized carbons (Fsp3) is 0.250. The fourth-order valence-electron chi connectivity index (χ4n) is 1.85. The van der Waals surface area contributed by atoms with E-state index in [0.717, 1.165) is 16.7 Å². The number of rotatable bonds is 4. The number of imide groups is 1. The molecule has 0 saturated carbocycles. The Balaban J connectivity index is 1.69. The maximum atomic E-state index is 11.9. The third-order valence-corrected chi connectivity index (χ3v) is 3.83. The number of aromatic nitrogens is 4. The van der Waals surface area contributed by atoms with Crippen LogP contribution in [0.1, 0.15) is 0 Å². The van der Waals surface area contributed by atoms with E-state index in [9.17, 15) is 14.7 Å². The van der Waals surface area contributed by atoms with Crippen LogP contribution in [0.5, 0.6) is 5.75 Å². The van der Waals surface area contributed by atoms with E-state index in [2.05, 4.69) is 15.5 Å². The van der Waals surface area contributed by atoms with Crippen molar-refractivity contribution in [2.75, 3.05) is 18.9 Å². The van der Waals surface area contributed by atoms with Gasteiger partial charge < -0.3 is 9.84 Å². The Morgan fingerprint density at radius 3 is 2.82 bits per heavy atom. The number of phenols is 1. The van der Waals surface area contributed by atoms with Gasteiger partial charge >= 0.3 is 6.09 Å². The Morgan fingerprint density at radius 2 is 2.14 bits per heavy atom. The van der Waals surface area contributed by atoms with Crippen molar-refractivity contribution in [3.63, 3.8) is 0 Å². The van der Waals surface area contributed by atoms with Crippen molar-refractivity contribution in [2.45, 2.75) is 5.16 Å². The number of benzene rings is 1. The number of amides is 2. The summed E-state index contributed by atoms with van der Waals surface area (Å²) in [5.74, 6) is -0.199. The van der Waals surface area contributed by atoms with Crippen LogP contribution in [0.15, 0.2) is 29.4 Å². The molecule has 10 heteroatoms. The Hall–Kier alpha value is -2.62. The summed E-state index contributed by atoms with van der Waals surface area (Å²) in [5, 5.41) is 21.0. The molecular formula is C12H11N5O4S. The van der Waals surface area contributed by atoms with Crippen LogP contribution < -0.4 is 0 Å². The predicted molar refractivity (Wildman–Crippen MR) is 74.6 cm³/mol. The largest absolute Gasteiger partial charge is 0.508 e. The molecule has 2 heterocycles. The van der Waals surface area contributed by atoms with Crippen molar-refractivity contribution >= 4 is 23.8 Å². The minimum atomic E-state index is -0.622. The second-order valence-corrected chi connectivity index (χ2v) is 5.28. The van der Waals surface area contributed by atoms with E-state index in [-0.39, 0.29) is 30.6 Å². The Bertz CT molecular complexity index is 702. The molecule has 1 saturated heterocycles. The highest BCUT2D eigenvalue weighted by Crippen LogP contribution is 2.20. The summed E-state index contributed by atoms with van der Waals surface area (Å²) >= 11 is 1.12. The molecule has 0 aliphatic carbocycles. The van der Waals surface area contributed by atoms with Gasteiger partial charge in [0, 0.05) is 0 Å². The van der Waals surface area contributed by atoms with Gasteiger partial charge in [0.15, 0.2) is 0 Å². The summed E-state index contributed by atoms with van der Waals surface area (Å²) < 4.78 is 6.16. The zero-order valence-corrected chi connectivity index (χ0v) is 12.1. The summed E-state index contributed by atoms with van der Waals surface area (Å²) in [6, 6.07) is 6.32. The summed E-state index contributed by atoms with van der Waals surface area (Å²) in [7, 11) is 0. The monoisotopic (exact) mass is 321 g/mol. The number of ether oxygens (including phenoxy) is 1. The Morgan fingerprint density at radius 1 is 1.36 bits per heavy atom. The predicted octanol–water partition coefficient (Wildman–Crippen LogP) is 0.439. The van der Waals surface area contributed by atoms with Crippen LogP contribution in [0.25, 0.3) is 5.69 Å². The van der Waals surface area contributed by atoms with Gasteiger partial charge in [0.2, 0.25) is 11.1 Å². The topological polar surface area (TPSA) is 110 Å². The van der Waals surface area contributed by atoms with Crippen LogP contribution in [0, 0.1) is 0 Å². The van der Waals surface area contributed by atoms with E-state index in [1.165, 1.54) is 16.8 Å².